The van der Waals surface area contributed by atoms with Gasteiger partial charge in [-0.05, 0) is 13.3 Å². The number of methoxy groups -OCH3 is 1. The molecule has 0 aliphatic rings. The Labute approximate surface area is 77.5 Å². The van der Waals surface area contributed by atoms with Crippen LogP contribution in [0.1, 0.15) is 31.7 Å². The molecule has 74 valence electrons. The van der Waals surface area contributed by atoms with Crippen molar-refractivity contribution in [3.63, 3.8) is 0 Å². The molecule has 0 aromatic carbocycles. The van der Waals surface area contributed by atoms with Crippen LogP contribution in [-0.2, 0) is 16.9 Å². The van der Waals surface area contributed by atoms with Crippen LogP contribution in [0.15, 0.2) is 10.8 Å². The van der Waals surface area contributed by atoms with Crippen molar-refractivity contribution in [1.82, 2.24) is 4.98 Å². The molecule has 13 heavy (non-hydrogen) atoms. The molecule has 0 aliphatic heterocycles. The number of nitrogens with zero attached hydrogens (tertiary/aromatic N) is 1. The quantitative estimate of drug-likeness (QED) is 0.771. The molecule has 0 saturated carbocycles. The van der Waals surface area contributed by atoms with E-state index in [4.69, 9.17) is 14.3 Å². The van der Waals surface area contributed by atoms with Crippen LogP contribution < -0.4 is 0 Å². The summed E-state index contributed by atoms with van der Waals surface area (Å²) in [5.41, 5.74) is 0.0559. The minimum absolute atomic E-state index is 0.120. The zero-order valence-corrected chi connectivity index (χ0v) is 8.20. The maximum Gasteiger partial charge on any atom is 0.181 e. The first-order chi connectivity index (χ1) is 6.18. The number of rotatable bonds is 4. The molecule has 1 atom stereocenters. The fourth-order valence-electron chi connectivity index (χ4n) is 1.21. The number of aliphatic hydroxyl groups excluding tert-OH is 1. The van der Waals surface area contributed by atoms with Crippen LogP contribution in [0.5, 0.6) is 0 Å². The Morgan fingerprint density at radius 1 is 1.69 bits per heavy atom. The van der Waals surface area contributed by atoms with E-state index in [0.717, 1.165) is 6.42 Å². The minimum Gasteiger partial charge on any atom is -0.445 e. The lowest BCUT2D eigenvalue weighted by Crippen LogP contribution is -2.24. The fourth-order valence-corrected chi connectivity index (χ4v) is 1.21. The number of ether oxygens (including phenoxy) is 1. The van der Waals surface area contributed by atoms with Crippen LogP contribution in [0.4, 0.5) is 0 Å². The summed E-state index contributed by atoms with van der Waals surface area (Å²) in [4.78, 5) is 3.90. The summed E-state index contributed by atoms with van der Waals surface area (Å²) in [5.74, 6) is 0.611. The summed E-state index contributed by atoms with van der Waals surface area (Å²) in [6.07, 6.45) is 2.10. The Hall–Kier alpha value is -0.870. The molecular formula is C9H15NO3. The van der Waals surface area contributed by atoms with E-state index in [1.807, 2.05) is 13.8 Å². The molecule has 0 aliphatic carbocycles. The van der Waals surface area contributed by atoms with Gasteiger partial charge in [-0.2, -0.15) is 0 Å². The van der Waals surface area contributed by atoms with Gasteiger partial charge in [-0.25, -0.2) is 4.98 Å². The van der Waals surface area contributed by atoms with Crippen molar-refractivity contribution in [2.24, 2.45) is 0 Å². The van der Waals surface area contributed by atoms with Crippen molar-refractivity contribution in [3.05, 3.63) is 17.8 Å². The summed E-state index contributed by atoms with van der Waals surface area (Å²) in [6, 6.07) is 0. The molecule has 1 heterocycles. The van der Waals surface area contributed by atoms with E-state index in [-0.39, 0.29) is 6.61 Å². The van der Waals surface area contributed by atoms with Gasteiger partial charge < -0.3 is 14.3 Å². The number of hydrogen-bond donors (Lipinski definition) is 1. The van der Waals surface area contributed by atoms with Crippen molar-refractivity contribution in [2.45, 2.75) is 32.5 Å². The summed E-state index contributed by atoms with van der Waals surface area (Å²) in [6.45, 7) is 3.78. The van der Waals surface area contributed by atoms with Crippen molar-refractivity contribution in [2.75, 3.05) is 7.11 Å². The summed E-state index contributed by atoms with van der Waals surface area (Å²) in [5, 5.41) is 8.98. The van der Waals surface area contributed by atoms with Crippen molar-refractivity contribution in [3.8, 4) is 0 Å². The molecular weight excluding hydrogens is 170 g/mol. The third-order valence-corrected chi connectivity index (χ3v) is 2.40. The van der Waals surface area contributed by atoms with Crippen LogP contribution in [0.3, 0.4) is 0 Å². The molecule has 1 aromatic rings. The normalized spacial score (nSPS) is 15.7. The second kappa shape index (κ2) is 3.89. The maximum atomic E-state index is 8.98. The molecule has 1 aromatic heterocycles. The van der Waals surface area contributed by atoms with Gasteiger partial charge in [0.15, 0.2) is 12.2 Å². The zero-order valence-electron chi connectivity index (χ0n) is 8.20. The molecule has 1 rings (SSSR count). The Morgan fingerprint density at radius 2 is 2.38 bits per heavy atom. The Kier molecular flexibility index (Phi) is 3.06. The molecule has 0 radical (unpaired) electrons. The van der Waals surface area contributed by atoms with E-state index in [0.29, 0.717) is 11.5 Å². The third kappa shape index (κ3) is 1.73. The van der Waals surface area contributed by atoms with Crippen molar-refractivity contribution >= 4 is 0 Å². The van der Waals surface area contributed by atoms with Gasteiger partial charge in [-0.15, -0.1) is 0 Å². The topological polar surface area (TPSA) is 55.5 Å². The van der Waals surface area contributed by atoms with Crippen LogP contribution >= 0.6 is 0 Å². The SMILES string of the molecule is CCC(C)(OC)c1ocnc1CO. The lowest BCUT2D eigenvalue weighted by atomic mass is 9.98. The molecule has 1 N–H and O–H groups in total. The molecule has 1 unspecified atom stereocenters. The lowest BCUT2D eigenvalue weighted by Gasteiger charge is -2.24. The Morgan fingerprint density at radius 3 is 2.85 bits per heavy atom. The van der Waals surface area contributed by atoms with Gasteiger partial charge in [0.05, 0.1) is 6.61 Å². The number of hydrogen-bond acceptors (Lipinski definition) is 4. The van der Waals surface area contributed by atoms with Gasteiger partial charge in [-0.1, -0.05) is 6.92 Å². The monoisotopic (exact) mass is 185 g/mol. The highest BCUT2D eigenvalue weighted by Gasteiger charge is 2.30. The van der Waals surface area contributed by atoms with Gasteiger partial charge in [0, 0.05) is 7.11 Å². The summed E-state index contributed by atoms with van der Waals surface area (Å²) in [7, 11) is 1.62. The lowest BCUT2D eigenvalue weighted by molar-refractivity contribution is -0.0208. The average molecular weight is 185 g/mol. The Balaban J connectivity index is 3.03. The van der Waals surface area contributed by atoms with Gasteiger partial charge in [-0.3, -0.25) is 0 Å². The highest BCUT2D eigenvalue weighted by molar-refractivity contribution is 5.14. The van der Waals surface area contributed by atoms with E-state index in [9.17, 15) is 0 Å². The second-order valence-corrected chi connectivity index (χ2v) is 3.07. The Bertz CT molecular complexity index is 266. The summed E-state index contributed by atoms with van der Waals surface area (Å²) >= 11 is 0. The van der Waals surface area contributed by atoms with Gasteiger partial charge in [0.25, 0.3) is 0 Å². The van der Waals surface area contributed by atoms with Gasteiger partial charge >= 0.3 is 0 Å². The van der Waals surface area contributed by atoms with Gasteiger partial charge in [0.1, 0.15) is 11.3 Å². The molecule has 0 fully saturated rings. The summed E-state index contributed by atoms with van der Waals surface area (Å²) < 4.78 is 10.5. The van der Waals surface area contributed by atoms with Gasteiger partial charge in [0.2, 0.25) is 0 Å². The molecule has 0 saturated heterocycles. The number of aromatic nitrogens is 1. The fraction of sp³-hybridized carbons (Fsp3) is 0.667. The third-order valence-electron chi connectivity index (χ3n) is 2.40. The number of aliphatic hydroxyl groups is 1. The van der Waals surface area contributed by atoms with E-state index in [1.54, 1.807) is 7.11 Å². The largest absolute Gasteiger partial charge is 0.445 e. The second-order valence-electron chi connectivity index (χ2n) is 3.07. The minimum atomic E-state index is -0.492. The molecule has 0 amide bonds. The highest BCUT2D eigenvalue weighted by atomic mass is 16.5. The zero-order chi connectivity index (χ0) is 9.90. The predicted octanol–water partition coefficient (Wildman–Crippen LogP) is 1.44. The first-order valence-electron chi connectivity index (χ1n) is 4.26. The van der Waals surface area contributed by atoms with E-state index >= 15 is 0 Å². The molecule has 0 bridgehead atoms. The van der Waals surface area contributed by atoms with Crippen molar-refractivity contribution in [1.29, 1.82) is 0 Å². The molecule has 4 heteroatoms. The standard InChI is InChI=1S/C9H15NO3/c1-4-9(2,12-3)8-7(5-11)10-6-13-8/h6,11H,4-5H2,1-3H3. The van der Waals surface area contributed by atoms with Crippen LogP contribution in [0, 0.1) is 0 Å². The van der Waals surface area contributed by atoms with E-state index < -0.39 is 5.60 Å². The van der Waals surface area contributed by atoms with Crippen molar-refractivity contribution < 1.29 is 14.3 Å². The van der Waals surface area contributed by atoms with Crippen LogP contribution in [-0.4, -0.2) is 17.2 Å². The van der Waals surface area contributed by atoms with E-state index in [1.165, 1.54) is 6.39 Å². The van der Waals surface area contributed by atoms with E-state index in [2.05, 4.69) is 4.98 Å². The molecule has 0 spiro atoms. The average Bonchev–Trinajstić information content (AvgIpc) is 2.65. The molecule has 4 nitrogen and oxygen atoms in total. The smallest absolute Gasteiger partial charge is 0.181 e. The first kappa shape index (κ1) is 10.2. The number of oxazole rings is 1. The highest BCUT2D eigenvalue weighted by Crippen LogP contribution is 2.30. The van der Waals surface area contributed by atoms with Crippen LogP contribution in [0.2, 0.25) is 0 Å². The van der Waals surface area contributed by atoms with Crippen LogP contribution in [0.25, 0.3) is 0 Å². The first-order valence-corrected chi connectivity index (χ1v) is 4.26. The maximum absolute atomic E-state index is 8.98. The predicted molar refractivity (Wildman–Crippen MR) is 47.1 cm³/mol.